The Bertz CT molecular complexity index is 623. The summed E-state index contributed by atoms with van der Waals surface area (Å²) in [6.07, 6.45) is -0.294. The molecule has 0 heterocycles. The zero-order chi connectivity index (χ0) is 14.0. The molecular formula is C14H8BrF2IO. The smallest absolute Gasteiger partial charge is 0.168 e. The Hall–Kier alpha value is -0.820. The zero-order valence-electron chi connectivity index (χ0n) is 9.59. The summed E-state index contributed by atoms with van der Waals surface area (Å²) in [6.45, 7) is 0. The van der Waals surface area contributed by atoms with Gasteiger partial charge in [0.05, 0.1) is 0 Å². The van der Waals surface area contributed by atoms with E-state index in [1.165, 1.54) is 6.07 Å². The minimum Gasteiger partial charge on any atom is -0.294 e. The van der Waals surface area contributed by atoms with Crippen molar-refractivity contribution in [1.82, 2.24) is 0 Å². The average molecular weight is 437 g/mol. The Labute approximate surface area is 131 Å². The lowest BCUT2D eigenvalue weighted by molar-refractivity contribution is 0.0989. The van der Waals surface area contributed by atoms with E-state index in [9.17, 15) is 13.6 Å². The van der Waals surface area contributed by atoms with Crippen LogP contribution in [0.2, 0.25) is 0 Å². The van der Waals surface area contributed by atoms with Gasteiger partial charge in [0.15, 0.2) is 5.78 Å². The number of Topliss-reactive ketones (excluding diaryl/α,β-unsaturated/α-hetero) is 1. The van der Waals surface area contributed by atoms with Gasteiger partial charge in [-0.25, -0.2) is 8.78 Å². The predicted molar refractivity (Wildman–Crippen MR) is 81.3 cm³/mol. The molecule has 0 unspecified atom stereocenters. The lowest BCUT2D eigenvalue weighted by Crippen LogP contribution is -2.08. The van der Waals surface area contributed by atoms with Crippen molar-refractivity contribution in [2.45, 2.75) is 6.42 Å². The van der Waals surface area contributed by atoms with Gasteiger partial charge in [-0.2, -0.15) is 0 Å². The van der Waals surface area contributed by atoms with Crippen molar-refractivity contribution >= 4 is 44.3 Å². The minimum atomic E-state index is -0.699. The monoisotopic (exact) mass is 436 g/mol. The lowest BCUT2D eigenvalue weighted by atomic mass is 10.0. The highest BCUT2D eigenvalue weighted by molar-refractivity contribution is 14.1. The first kappa shape index (κ1) is 14.6. The van der Waals surface area contributed by atoms with E-state index in [4.69, 9.17) is 0 Å². The van der Waals surface area contributed by atoms with Crippen LogP contribution < -0.4 is 0 Å². The second-order valence-electron chi connectivity index (χ2n) is 3.92. The molecule has 2 rings (SSSR count). The summed E-state index contributed by atoms with van der Waals surface area (Å²) in [4.78, 5) is 12.1. The summed E-state index contributed by atoms with van der Waals surface area (Å²) in [6, 6.07) is 8.84. The van der Waals surface area contributed by atoms with Gasteiger partial charge in [-0.3, -0.25) is 4.79 Å². The number of ketones is 1. The van der Waals surface area contributed by atoms with Gasteiger partial charge in [0.1, 0.15) is 11.6 Å². The summed E-state index contributed by atoms with van der Waals surface area (Å²) in [7, 11) is 0. The van der Waals surface area contributed by atoms with Crippen LogP contribution in [0.15, 0.2) is 40.9 Å². The second-order valence-corrected chi connectivity index (χ2v) is 6.02. The Morgan fingerprint density at radius 1 is 1.16 bits per heavy atom. The third kappa shape index (κ3) is 3.39. The van der Waals surface area contributed by atoms with Crippen molar-refractivity contribution in [2.24, 2.45) is 0 Å². The Kier molecular flexibility index (Phi) is 4.67. The molecule has 5 heteroatoms. The number of rotatable bonds is 3. The fraction of sp³-hybridized carbons (Fsp3) is 0.0714. The first-order valence-corrected chi connectivity index (χ1v) is 7.27. The van der Waals surface area contributed by atoms with Crippen LogP contribution in [0, 0.1) is 15.2 Å². The topological polar surface area (TPSA) is 17.1 Å². The maximum absolute atomic E-state index is 13.5. The van der Waals surface area contributed by atoms with Crippen molar-refractivity contribution in [3.63, 3.8) is 0 Å². The SMILES string of the molecule is O=C(Cc1c(F)cccc1F)c1cc(I)ccc1Br. The molecule has 0 saturated heterocycles. The van der Waals surface area contributed by atoms with E-state index in [1.807, 2.05) is 6.07 Å². The summed E-state index contributed by atoms with van der Waals surface area (Å²) >= 11 is 5.35. The molecule has 0 saturated carbocycles. The molecule has 0 aliphatic heterocycles. The van der Waals surface area contributed by atoms with E-state index in [0.717, 1.165) is 15.7 Å². The van der Waals surface area contributed by atoms with Crippen LogP contribution in [0.1, 0.15) is 15.9 Å². The van der Waals surface area contributed by atoms with Gasteiger partial charge >= 0.3 is 0 Å². The molecule has 1 nitrogen and oxygen atoms in total. The molecule has 98 valence electrons. The Morgan fingerprint density at radius 2 is 1.79 bits per heavy atom. The fourth-order valence-electron chi connectivity index (χ4n) is 1.67. The standard InChI is InChI=1S/C14H8BrF2IO/c15-11-5-4-8(18)6-9(11)14(19)7-10-12(16)2-1-3-13(10)17/h1-6H,7H2. The van der Waals surface area contributed by atoms with Gasteiger partial charge in [0, 0.05) is 25.6 Å². The van der Waals surface area contributed by atoms with Crippen LogP contribution in [-0.2, 0) is 6.42 Å². The van der Waals surface area contributed by atoms with Crippen molar-refractivity contribution in [3.05, 3.63) is 67.2 Å². The van der Waals surface area contributed by atoms with Gasteiger partial charge in [0.2, 0.25) is 0 Å². The predicted octanol–water partition coefficient (Wildman–Crippen LogP) is 4.76. The molecule has 19 heavy (non-hydrogen) atoms. The van der Waals surface area contributed by atoms with E-state index in [-0.39, 0.29) is 17.8 Å². The van der Waals surface area contributed by atoms with Gasteiger partial charge in [0.25, 0.3) is 0 Å². The molecular weight excluding hydrogens is 429 g/mol. The van der Waals surface area contributed by atoms with Crippen molar-refractivity contribution in [3.8, 4) is 0 Å². The summed E-state index contributed by atoms with van der Waals surface area (Å²) in [5, 5.41) is 0. The molecule has 2 aromatic carbocycles. The molecule has 0 amide bonds. The van der Waals surface area contributed by atoms with E-state index < -0.39 is 11.6 Å². The highest BCUT2D eigenvalue weighted by atomic mass is 127. The summed E-state index contributed by atoms with van der Waals surface area (Å²) < 4.78 is 28.5. The number of carbonyl (C=O) groups excluding carboxylic acids is 1. The van der Waals surface area contributed by atoms with E-state index in [0.29, 0.717) is 10.0 Å². The van der Waals surface area contributed by atoms with Gasteiger partial charge in [-0.15, -0.1) is 0 Å². The molecule has 0 radical (unpaired) electrons. The minimum absolute atomic E-state index is 0.196. The fourth-order valence-corrected chi connectivity index (χ4v) is 2.63. The maximum atomic E-state index is 13.5. The first-order valence-electron chi connectivity index (χ1n) is 5.40. The number of halogens is 4. The third-order valence-electron chi connectivity index (χ3n) is 2.63. The maximum Gasteiger partial charge on any atom is 0.168 e. The zero-order valence-corrected chi connectivity index (χ0v) is 13.3. The lowest BCUT2D eigenvalue weighted by Gasteiger charge is -2.06. The van der Waals surface area contributed by atoms with Gasteiger partial charge in [-0.1, -0.05) is 22.0 Å². The van der Waals surface area contributed by atoms with Gasteiger partial charge < -0.3 is 0 Å². The molecule has 0 N–H and O–H groups in total. The Balaban J connectivity index is 2.34. The number of carbonyl (C=O) groups is 1. The van der Waals surface area contributed by atoms with Crippen LogP contribution in [0.5, 0.6) is 0 Å². The molecule has 0 bridgehead atoms. The van der Waals surface area contributed by atoms with E-state index in [1.54, 1.807) is 12.1 Å². The third-order valence-corrected chi connectivity index (χ3v) is 3.99. The van der Waals surface area contributed by atoms with Crippen molar-refractivity contribution in [1.29, 1.82) is 0 Å². The van der Waals surface area contributed by atoms with Gasteiger partial charge in [-0.05, 0) is 52.9 Å². The number of hydrogen-bond donors (Lipinski definition) is 0. The van der Waals surface area contributed by atoms with E-state index >= 15 is 0 Å². The quantitative estimate of drug-likeness (QED) is 0.501. The van der Waals surface area contributed by atoms with E-state index in [2.05, 4.69) is 38.5 Å². The molecule has 0 aromatic heterocycles. The normalized spacial score (nSPS) is 10.5. The molecule has 0 aliphatic carbocycles. The second kappa shape index (κ2) is 6.09. The van der Waals surface area contributed by atoms with Crippen LogP contribution in [-0.4, -0.2) is 5.78 Å². The number of hydrogen-bond acceptors (Lipinski definition) is 1. The average Bonchev–Trinajstić information content (AvgIpc) is 2.37. The molecule has 0 aliphatic rings. The first-order chi connectivity index (χ1) is 8.99. The summed E-state index contributed by atoms with van der Waals surface area (Å²) in [5.41, 5.74) is 0.229. The molecule has 0 spiro atoms. The molecule has 0 fully saturated rings. The molecule has 2 aromatic rings. The van der Waals surface area contributed by atoms with Crippen molar-refractivity contribution in [2.75, 3.05) is 0 Å². The van der Waals surface area contributed by atoms with Crippen LogP contribution in [0.25, 0.3) is 0 Å². The molecule has 0 atom stereocenters. The highest BCUT2D eigenvalue weighted by Crippen LogP contribution is 2.22. The van der Waals surface area contributed by atoms with Crippen LogP contribution in [0.3, 0.4) is 0 Å². The number of benzene rings is 2. The Morgan fingerprint density at radius 3 is 2.42 bits per heavy atom. The van der Waals surface area contributed by atoms with Crippen LogP contribution >= 0.6 is 38.5 Å². The van der Waals surface area contributed by atoms with Crippen LogP contribution in [0.4, 0.5) is 8.78 Å². The van der Waals surface area contributed by atoms with Crippen molar-refractivity contribution < 1.29 is 13.6 Å². The highest BCUT2D eigenvalue weighted by Gasteiger charge is 2.16. The summed E-state index contributed by atoms with van der Waals surface area (Å²) in [5.74, 6) is -1.72. The largest absolute Gasteiger partial charge is 0.294 e.